The van der Waals surface area contributed by atoms with E-state index in [2.05, 4.69) is 39.0 Å². The fourth-order valence-corrected chi connectivity index (χ4v) is 3.55. The lowest BCUT2D eigenvalue weighted by molar-refractivity contribution is -0.118. The largest absolute Gasteiger partial charge is 0.459 e. The molecule has 0 spiro atoms. The Morgan fingerprint density at radius 3 is 2.66 bits per heavy atom. The third-order valence-corrected chi connectivity index (χ3v) is 5.14. The van der Waals surface area contributed by atoms with Gasteiger partial charge in [-0.1, -0.05) is 23.9 Å². The molecule has 152 valence electrons. The Balaban J connectivity index is 1.51. The van der Waals surface area contributed by atoms with E-state index in [1.165, 1.54) is 18.0 Å². The monoisotopic (exact) mass is 413 g/mol. The molecule has 1 aromatic carbocycles. The van der Waals surface area contributed by atoms with Crippen LogP contribution in [0.3, 0.4) is 0 Å². The lowest BCUT2D eigenvalue weighted by Crippen LogP contribution is -2.35. The number of thioether (sulfide) groups is 1. The molecule has 0 saturated carbocycles. The number of hydrogen-bond acceptors (Lipinski definition) is 6. The molecule has 3 aromatic rings. The number of carbonyl (C=O) groups is 2. The Kier molecular flexibility index (Phi) is 6.71. The molecule has 29 heavy (non-hydrogen) atoms. The van der Waals surface area contributed by atoms with Gasteiger partial charge in [-0.05, 0) is 50.1 Å². The molecule has 0 aliphatic rings. The maximum Gasteiger partial charge on any atom is 0.287 e. The van der Waals surface area contributed by atoms with Crippen LogP contribution in [0.4, 0.5) is 0 Å². The van der Waals surface area contributed by atoms with Crippen LogP contribution >= 0.6 is 11.8 Å². The molecule has 0 atom stereocenters. The summed E-state index contributed by atoms with van der Waals surface area (Å²) in [5.41, 5.74) is 3.26. The number of hydrogen-bond donors (Lipinski definition) is 2. The zero-order valence-corrected chi connectivity index (χ0v) is 17.4. The average molecular weight is 414 g/mol. The molecule has 0 aliphatic carbocycles. The van der Waals surface area contributed by atoms with E-state index in [0.29, 0.717) is 18.2 Å². The second-order valence-corrected chi connectivity index (χ2v) is 7.47. The molecule has 2 amide bonds. The fourth-order valence-electron chi connectivity index (χ4n) is 2.73. The molecule has 0 radical (unpaired) electrons. The summed E-state index contributed by atoms with van der Waals surface area (Å²) < 4.78 is 6.97. The predicted octanol–water partition coefficient (Wildman–Crippen LogP) is 2.42. The van der Waals surface area contributed by atoms with Crippen molar-refractivity contribution in [3.63, 3.8) is 0 Å². The highest BCUT2D eigenvalue weighted by atomic mass is 32.2. The van der Waals surface area contributed by atoms with Crippen molar-refractivity contribution in [2.24, 2.45) is 0 Å². The molecule has 2 heterocycles. The second-order valence-electron chi connectivity index (χ2n) is 6.53. The van der Waals surface area contributed by atoms with Crippen LogP contribution < -0.4 is 10.6 Å². The van der Waals surface area contributed by atoms with Gasteiger partial charge in [-0.2, -0.15) is 0 Å². The highest BCUT2D eigenvalue weighted by molar-refractivity contribution is 7.99. The van der Waals surface area contributed by atoms with E-state index in [0.717, 1.165) is 22.6 Å². The second kappa shape index (κ2) is 9.42. The van der Waals surface area contributed by atoms with Gasteiger partial charge in [0.25, 0.3) is 5.91 Å². The number of aromatic nitrogens is 3. The normalized spacial score (nSPS) is 10.7. The molecule has 0 aliphatic heterocycles. The van der Waals surface area contributed by atoms with Gasteiger partial charge in [0.2, 0.25) is 5.91 Å². The quantitative estimate of drug-likeness (QED) is 0.434. The zero-order valence-electron chi connectivity index (χ0n) is 16.6. The number of aryl methyl sites for hydroxylation is 3. The molecule has 9 heteroatoms. The number of nitrogens with zero attached hydrogens (tertiary/aromatic N) is 3. The molecular formula is C20H23N5O3S. The number of furan rings is 1. The summed E-state index contributed by atoms with van der Waals surface area (Å²) in [5.74, 6) is 0.760. The minimum absolute atomic E-state index is 0.143. The number of rotatable bonds is 8. The van der Waals surface area contributed by atoms with Crippen LogP contribution in [-0.2, 0) is 4.79 Å². The van der Waals surface area contributed by atoms with Crippen LogP contribution in [0.2, 0.25) is 0 Å². The van der Waals surface area contributed by atoms with Crippen molar-refractivity contribution in [2.75, 3.05) is 18.8 Å². The van der Waals surface area contributed by atoms with Crippen LogP contribution in [0.25, 0.3) is 5.69 Å². The van der Waals surface area contributed by atoms with Gasteiger partial charge in [0, 0.05) is 13.1 Å². The topological polar surface area (TPSA) is 102 Å². The minimum Gasteiger partial charge on any atom is -0.459 e. The molecule has 0 unspecified atom stereocenters. The SMILES string of the molecule is Cc1ccc(C)c(-n2c(C)nnc2SCC(=O)NCCNC(=O)c2ccco2)c1. The summed E-state index contributed by atoms with van der Waals surface area (Å²) in [6.07, 6.45) is 1.44. The van der Waals surface area contributed by atoms with Crippen molar-refractivity contribution in [3.05, 3.63) is 59.3 Å². The summed E-state index contributed by atoms with van der Waals surface area (Å²) in [5, 5.41) is 14.5. The van der Waals surface area contributed by atoms with Crippen LogP contribution in [0, 0.1) is 20.8 Å². The first-order valence-electron chi connectivity index (χ1n) is 9.16. The predicted molar refractivity (Wildman–Crippen MR) is 110 cm³/mol. The third-order valence-electron chi connectivity index (χ3n) is 4.21. The van der Waals surface area contributed by atoms with E-state index in [4.69, 9.17) is 4.42 Å². The van der Waals surface area contributed by atoms with Crippen molar-refractivity contribution in [2.45, 2.75) is 25.9 Å². The van der Waals surface area contributed by atoms with E-state index < -0.39 is 0 Å². The van der Waals surface area contributed by atoms with Gasteiger partial charge in [0.15, 0.2) is 10.9 Å². The molecule has 3 rings (SSSR count). The third kappa shape index (κ3) is 5.26. The van der Waals surface area contributed by atoms with Crippen LogP contribution in [0.15, 0.2) is 46.2 Å². The molecule has 8 nitrogen and oxygen atoms in total. The summed E-state index contributed by atoms with van der Waals surface area (Å²) in [7, 11) is 0. The van der Waals surface area contributed by atoms with Crippen molar-refractivity contribution in [1.82, 2.24) is 25.4 Å². The molecule has 0 saturated heterocycles. The van der Waals surface area contributed by atoms with Crippen LogP contribution in [-0.4, -0.2) is 45.4 Å². The number of amides is 2. The van der Waals surface area contributed by atoms with Crippen LogP contribution in [0.1, 0.15) is 27.5 Å². The molecule has 0 bridgehead atoms. The smallest absolute Gasteiger partial charge is 0.287 e. The summed E-state index contributed by atoms with van der Waals surface area (Å²) in [6.45, 7) is 6.60. The van der Waals surface area contributed by atoms with E-state index in [-0.39, 0.29) is 23.3 Å². The molecular weight excluding hydrogens is 390 g/mol. The Bertz CT molecular complexity index is 998. The lowest BCUT2D eigenvalue weighted by Gasteiger charge is -2.12. The van der Waals surface area contributed by atoms with Gasteiger partial charge in [-0.3, -0.25) is 14.2 Å². The Morgan fingerprint density at radius 1 is 1.10 bits per heavy atom. The van der Waals surface area contributed by atoms with Gasteiger partial charge in [0.05, 0.1) is 17.7 Å². The Hall–Kier alpha value is -3.07. The van der Waals surface area contributed by atoms with Gasteiger partial charge in [-0.15, -0.1) is 10.2 Å². The first kappa shape index (κ1) is 20.7. The van der Waals surface area contributed by atoms with Crippen LogP contribution in [0.5, 0.6) is 0 Å². The first-order chi connectivity index (χ1) is 14.0. The maximum absolute atomic E-state index is 12.1. The number of nitrogens with one attached hydrogen (secondary N) is 2. The Morgan fingerprint density at radius 2 is 1.90 bits per heavy atom. The summed E-state index contributed by atoms with van der Waals surface area (Å²) in [6, 6.07) is 9.43. The lowest BCUT2D eigenvalue weighted by atomic mass is 10.1. The minimum atomic E-state index is -0.310. The Labute approximate surface area is 173 Å². The van der Waals surface area contributed by atoms with E-state index in [1.807, 2.05) is 25.3 Å². The maximum atomic E-state index is 12.1. The highest BCUT2D eigenvalue weighted by Gasteiger charge is 2.15. The zero-order chi connectivity index (χ0) is 20.8. The highest BCUT2D eigenvalue weighted by Crippen LogP contribution is 2.24. The fraction of sp³-hybridized carbons (Fsp3) is 0.300. The van der Waals surface area contributed by atoms with Gasteiger partial charge < -0.3 is 15.1 Å². The van der Waals surface area contributed by atoms with Crippen molar-refractivity contribution < 1.29 is 14.0 Å². The first-order valence-corrected chi connectivity index (χ1v) is 10.1. The molecule has 0 fully saturated rings. The molecule has 2 aromatic heterocycles. The summed E-state index contributed by atoms with van der Waals surface area (Å²) in [4.78, 5) is 23.9. The van der Waals surface area contributed by atoms with E-state index >= 15 is 0 Å². The van der Waals surface area contributed by atoms with E-state index in [1.54, 1.807) is 12.1 Å². The molecule has 2 N–H and O–H groups in total. The van der Waals surface area contributed by atoms with Crippen molar-refractivity contribution in [1.29, 1.82) is 0 Å². The number of carbonyl (C=O) groups excluding carboxylic acids is 2. The average Bonchev–Trinajstić information content (AvgIpc) is 3.35. The van der Waals surface area contributed by atoms with Gasteiger partial charge >= 0.3 is 0 Å². The van der Waals surface area contributed by atoms with Crippen molar-refractivity contribution >= 4 is 23.6 Å². The van der Waals surface area contributed by atoms with Gasteiger partial charge in [0.1, 0.15) is 5.82 Å². The van der Waals surface area contributed by atoms with Gasteiger partial charge in [-0.25, -0.2) is 0 Å². The van der Waals surface area contributed by atoms with E-state index in [9.17, 15) is 9.59 Å². The summed E-state index contributed by atoms with van der Waals surface area (Å²) >= 11 is 1.32. The van der Waals surface area contributed by atoms with Crippen molar-refractivity contribution in [3.8, 4) is 5.69 Å². The number of benzene rings is 1. The standard InChI is InChI=1S/C20H23N5O3S/c1-13-6-7-14(2)16(11-13)25-15(3)23-24-20(25)29-12-18(26)21-8-9-22-19(27)17-5-4-10-28-17/h4-7,10-11H,8-9,12H2,1-3H3,(H,21,26)(H,22,27).